The molecule has 8 heteroatoms. The molecule has 6 nitrogen and oxygen atoms in total. The van der Waals surface area contributed by atoms with E-state index in [1.807, 2.05) is 0 Å². The summed E-state index contributed by atoms with van der Waals surface area (Å²) in [7, 11) is 0. The van der Waals surface area contributed by atoms with E-state index >= 15 is 0 Å². The van der Waals surface area contributed by atoms with E-state index in [0.29, 0.717) is 5.56 Å². The Morgan fingerprint density at radius 2 is 2.00 bits per heavy atom. The molecule has 0 saturated heterocycles. The van der Waals surface area contributed by atoms with Crippen LogP contribution in [0.4, 0.5) is 8.78 Å². The third-order valence-corrected chi connectivity index (χ3v) is 3.98. The summed E-state index contributed by atoms with van der Waals surface area (Å²) in [5.41, 5.74) is 0.722. The number of rotatable bonds is 4. The molecule has 1 amide bonds. The van der Waals surface area contributed by atoms with Crippen molar-refractivity contribution in [1.29, 1.82) is 0 Å². The molecule has 0 bridgehead atoms. The molecule has 0 aliphatic carbocycles. The molecule has 0 saturated carbocycles. The maximum absolute atomic E-state index is 14.0. The third-order valence-electron chi connectivity index (χ3n) is 3.98. The average Bonchev–Trinajstić information content (AvgIpc) is 2.57. The smallest absolute Gasteiger partial charge is 0.278 e. The van der Waals surface area contributed by atoms with Gasteiger partial charge in [-0.3, -0.25) is 9.59 Å². The van der Waals surface area contributed by atoms with Gasteiger partial charge in [-0.25, -0.2) is 13.5 Å². The summed E-state index contributed by atoms with van der Waals surface area (Å²) in [6.45, 7) is 3.00. The maximum Gasteiger partial charge on any atom is 0.278 e. The number of fused-ring (bicyclic) bond motifs is 1. The zero-order valence-electron chi connectivity index (χ0n) is 14.2. The molecule has 3 aromatic rings. The molecule has 26 heavy (non-hydrogen) atoms. The summed E-state index contributed by atoms with van der Waals surface area (Å²) >= 11 is 0. The number of aromatic nitrogens is 3. The first-order valence-corrected chi connectivity index (χ1v) is 7.93. The van der Waals surface area contributed by atoms with Gasteiger partial charge in [0.25, 0.3) is 5.56 Å². The second-order valence-electron chi connectivity index (χ2n) is 6.03. The van der Waals surface area contributed by atoms with Gasteiger partial charge in [0.15, 0.2) is 0 Å². The van der Waals surface area contributed by atoms with Crippen LogP contribution < -0.4 is 10.9 Å². The summed E-state index contributed by atoms with van der Waals surface area (Å²) in [5, 5.41) is 10.1. The number of nitrogens with one attached hydrogen (secondary N) is 1. The highest BCUT2D eigenvalue weighted by atomic mass is 19.1. The minimum Gasteiger partial charge on any atom is -0.348 e. The number of nitrogens with zero attached hydrogens (tertiary/aromatic N) is 3. The lowest BCUT2D eigenvalue weighted by Crippen LogP contribution is -2.35. The Hall–Kier alpha value is -3.16. The van der Waals surface area contributed by atoms with Crippen molar-refractivity contribution in [3.63, 3.8) is 0 Å². The number of benzene rings is 2. The van der Waals surface area contributed by atoms with Gasteiger partial charge in [-0.2, -0.15) is 0 Å². The first-order chi connectivity index (χ1) is 12.3. The van der Waals surface area contributed by atoms with Gasteiger partial charge in [0.2, 0.25) is 5.91 Å². The van der Waals surface area contributed by atoms with Crippen LogP contribution in [0.25, 0.3) is 10.9 Å². The van der Waals surface area contributed by atoms with Crippen LogP contribution >= 0.6 is 0 Å². The van der Waals surface area contributed by atoms with Crippen molar-refractivity contribution >= 4 is 16.8 Å². The lowest BCUT2D eigenvalue weighted by atomic mass is 10.1. The van der Waals surface area contributed by atoms with Gasteiger partial charge in [-0.05, 0) is 43.7 Å². The Balaban J connectivity index is 1.78. The Kier molecular flexibility index (Phi) is 4.75. The van der Waals surface area contributed by atoms with Crippen LogP contribution in [0.5, 0.6) is 0 Å². The first-order valence-electron chi connectivity index (χ1n) is 7.93. The standard InChI is InChI=1S/C18H16F2N4O2/c1-10-3-5-13(15(20)7-10)11(2)21-17(25)9-24-18(26)14-8-12(19)4-6-16(14)22-23-24/h3-8,11H,9H2,1-2H3,(H,21,25). The molecule has 134 valence electrons. The highest BCUT2D eigenvalue weighted by molar-refractivity contribution is 5.78. The minimum atomic E-state index is -0.626. The van der Waals surface area contributed by atoms with Crippen LogP contribution in [0, 0.1) is 18.6 Å². The molecule has 1 unspecified atom stereocenters. The second-order valence-corrected chi connectivity index (χ2v) is 6.03. The molecule has 2 aromatic carbocycles. The number of halogens is 2. The molecular formula is C18H16F2N4O2. The molecular weight excluding hydrogens is 342 g/mol. The van der Waals surface area contributed by atoms with Gasteiger partial charge >= 0.3 is 0 Å². The minimum absolute atomic E-state index is 0.0328. The summed E-state index contributed by atoms with van der Waals surface area (Å²) in [5.74, 6) is -1.54. The normalized spacial score (nSPS) is 12.2. The van der Waals surface area contributed by atoms with E-state index in [9.17, 15) is 18.4 Å². The Labute approximate surface area is 147 Å². The average molecular weight is 358 g/mol. The SMILES string of the molecule is Cc1ccc(C(C)NC(=O)Cn2nnc3ccc(F)cc3c2=O)c(F)c1. The molecule has 1 N–H and O–H groups in total. The van der Waals surface area contributed by atoms with Crippen LogP contribution in [0.3, 0.4) is 0 Å². The molecule has 0 spiro atoms. The fourth-order valence-electron chi connectivity index (χ4n) is 2.64. The first kappa shape index (κ1) is 17.7. The number of carbonyl (C=O) groups excluding carboxylic acids is 1. The summed E-state index contributed by atoms with van der Waals surface area (Å²) in [6, 6.07) is 7.69. The predicted octanol–water partition coefficient (Wildman–Crippen LogP) is 2.26. The molecule has 0 radical (unpaired) electrons. The maximum atomic E-state index is 14.0. The van der Waals surface area contributed by atoms with Gasteiger partial charge in [0, 0.05) is 5.56 Å². The van der Waals surface area contributed by atoms with Crippen molar-refractivity contribution in [2.24, 2.45) is 0 Å². The second kappa shape index (κ2) is 6.99. The van der Waals surface area contributed by atoms with E-state index < -0.39 is 35.7 Å². The predicted molar refractivity (Wildman–Crippen MR) is 91.5 cm³/mol. The van der Waals surface area contributed by atoms with Crippen LogP contribution in [0.2, 0.25) is 0 Å². The van der Waals surface area contributed by atoms with E-state index in [0.717, 1.165) is 16.3 Å². The summed E-state index contributed by atoms with van der Waals surface area (Å²) in [6.07, 6.45) is 0. The monoisotopic (exact) mass is 358 g/mol. The van der Waals surface area contributed by atoms with Crippen molar-refractivity contribution in [3.05, 3.63) is 69.5 Å². The van der Waals surface area contributed by atoms with Crippen LogP contribution in [0.1, 0.15) is 24.1 Å². The van der Waals surface area contributed by atoms with Crippen molar-refractivity contribution in [2.45, 2.75) is 26.4 Å². The lowest BCUT2D eigenvalue weighted by Gasteiger charge is -2.15. The number of hydrogen-bond donors (Lipinski definition) is 1. The number of amides is 1. The number of carbonyl (C=O) groups is 1. The quantitative estimate of drug-likeness (QED) is 0.776. The molecule has 0 aliphatic rings. The van der Waals surface area contributed by atoms with Crippen molar-refractivity contribution in [2.75, 3.05) is 0 Å². The molecule has 1 atom stereocenters. The fraction of sp³-hybridized carbons (Fsp3) is 0.222. The molecule has 1 heterocycles. The highest BCUT2D eigenvalue weighted by Crippen LogP contribution is 2.17. The van der Waals surface area contributed by atoms with E-state index in [4.69, 9.17) is 0 Å². The van der Waals surface area contributed by atoms with Crippen molar-refractivity contribution in [3.8, 4) is 0 Å². The van der Waals surface area contributed by atoms with Gasteiger partial charge in [0.05, 0.1) is 11.4 Å². The molecule has 3 rings (SSSR count). The zero-order valence-corrected chi connectivity index (χ0v) is 14.2. The van der Waals surface area contributed by atoms with Crippen LogP contribution in [-0.4, -0.2) is 20.9 Å². The highest BCUT2D eigenvalue weighted by Gasteiger charge is 2.16. The Morgan fingerprint density at radius 1 is 1.23 bits per heavy atom. The van der Waals surface area contributed by atoms with Gasteiger partial charge in [-0.1, -0.05) is 17.3 Å². The van der Waals surface area contributed by atoms with E-state index in [-0.39, 0.29) is 10.9 Å². The van der Waals surface area contributed by atoms with E-state index in [2.05, 4.69) is 15.6 Å². The molecule has 0 aliphatic heterocycles. The lowest BCUT2D eigenvalue weighted by molar-refractivity contribution is -0.122. The van der Waals surface area contributed by atoms with Crippen LogP contribution in [-0.2, 0) is 11.3 Å². The Bertz CT molecular complexity index is 1050. The topological polar surface area (TPSA) is 76.9 Å². The van der Waals surface area contributed by atoms with Crippen molar-refractivity contribution < 1.29 is 13.6 Å². The Morgan fingerprint density at radius 3 is 2.73 bits per heavy atom. The molecule has 0 fully saturated rings. The van der Waals surface area contributed by atoms with E-state index in [1.54, 1.807) is 26.0 Å². The fourth-order valence-corrected chi connectivity index (χ4v) is 2.64. The van der Waals surface area contributed by atoms with Gasteiger partial charge in [-0.15, -0.1) is 5.10 Å². The van der Waals surface area contributed by atoms with Gasteiger partial charge < -0.3 is 5.32 Å². The molecule has 1 aromatic heterocycles. The number of aryl methyl sites for hydroxylation is 1. The summed E-state index contributed by atoms with van der Waals surface area (Å²) < 4.78 is 28.2. The third kappa shape index (κ3) is 3.58. The van der Waals surface area contributed by atoms with E-state index in [1.165, 1.54) is 18.2 Å². The van der Waals surface area contributed by atoms with Crippen molar-refractivity contribution in [1.82, 2.24) is 20.3 Å². The number of hydrogen-bond acceptors (Lipinski definition) is 4. The van der Waals surface area contributed by atoms with Crippen LogP contribution in [0.15, 0.2) is 41.2 Å². The largest absolute Gasteiger partial charge is 0.348 e. The summed E-state index contributed by atoms with van der Waals surface area (Å²) in [4.78, 5) is 24.5. The zero-order chi connectivity index (χ0) is 18.8. The van der Waals surface area contributed by atoms with Gasteiger partial charge in [0.1, 0.15) is 23.7 Å².